The minimum Gasteiger partial charge on any atom is -0.326 e. The molecule has 0 aliphatic carbocycles. The summed E-state index contributed by atoms with van der Waals surface area (Å²) in [6.45, 7) is 4.12. The maximum Gasteiger partial charge on any atom is 0.224 e. The van der Waals surface area contributed by atoms with E-state index < -0.39 is 0 Å². The summed E-state index contributed by atoms with van der Waals surface area (Å²) in [5.74, 6) is 0.647. The molecule has 0 radical (unpaired) electrons. The molecule has 17 heavy (non-hydrogen) atoms. The van der Waals surface area contributed by atoms with Crippen LogP contribution in [-0.2, 0) is 11.2 Å². The Morgan fingerprint density at radius 2 is 2.06 bits per heavy atom. The van der Waals surface area contributed by atoms with Gasteiger partial charge in [0.15, 0.2) is 0 Å². The number of aryl methyl sites for hydroxylation is 1. The summed E-state index contributed by atoms with van der Waals surface area (Å²) in [6, 6.07) is 8.15. The van der Waals surface area contributed by atoms with E-state index in [1.54, 1.807) is 0 Å². The van der Waals surface area contributed by atoms with Crippen molar-refractivity contribution in [2.24, 2.45) is 5.92 Å². The van der Waals surface area contributed by atoms with Gasteiger partial charge < -0.3 is 10.6 Å². The number of anilines is 1. The minimum absolute atomic E-state index is 0.125. The van der Waals surface area contributed by atoms with E-state index in [1.165, 1.54) is 5.56 Å². The molecule has 0 bridgehead atoms. The predicted octanol–water partition coefficient (Wildman–Crippen LogP) is 2.19. The number of rotatable bonds is 5. The van der Waals surface area contributed by atoms with Crippen LogP contribution in [0.25, 0.3) is 0 Å². The molecule has 1 saturated heterocycles. The van der Waals surface area contributed by atoms with Crippen molar-refractivity contribution < 1.29 is 4.79 Å². The monoisotopic (exact) mass is 232 g/mol. The van der Waals surface area contributed by atoms with Gasteiger partial charge in [-0.05, 0) is 43.1 Å². The zero-order chi connectivity index (χ0) is 12.1. The first-order chi connectivity index (χ1) is 8.28. The van der Waals surface area contributed by atoms with Crippen molar-refractivity contribution in [2.45, 2.75) is 26.2 Å². The molecule has 1 aliphatic heterocycles. The highest BCUT2D eigenvalue weighted by Gasteiger charge is 2.19. The summed E-state index contributed by atoms with van der Waals surface area (Å²) in [5.41, 5.74) is 2.23. The SMILES string of the molecule is CCCc1ccc(NC(=O)CC2CNC2)cc1. The van der Waals surface area contributed by atoms with Gasteiger partial charge in [0.2, 0.25) is 5.91 Å². The smallest absolute Gasteiger partial charge is 0.224 e. The average molecular weight is 232 g/mol. The van der Waals surface area contributed by atoms with Gasteiger partial charge in [-0.15, -0.1) is 0 Å². The Balaban J connectivity index is 1.82. The summed E-state index contributed by atoms with van der Waals surface area (Å²) in [4.78, 5) is 11.7. The lowest BCUT2D eigenvalue weighted by Gasteiger charge is -2.26. The van der Waals surface area contributed by atoms with Gasteiger partial charge in [0.1, 0.15) is 0 Å². The lowest BCUT2D eigenvalue weighted by Crippen LogP contribution is -2.43. The van der Waals surface area contributed by atoms with Gasteiger partial charge in [-0.1, -0.05) is 25.5 Å². The van der Waals surface area contributed by atoms with Crippen LogP contribution in [-0.4, -0.2) is 19.0 Å². The molecule has 1 aliphatic rings. The van der Waals surface area contributed by atoms with Crippen molar-refractivity contribution in [2.75, 3.05) is 18.4 Å². The normalized spacial score (nSPS) is 15.4. The van der Waals surface area contributed by atoms with Crippen LogP contribution in [0.15, 0.2) is 24.3 Å². The summed E-state index contributed by atoms with van der Waals surface area (Å²) in [6.07, 6.45) is 2.88. The number of carbonyl (C=O) groups is 1. The third kappa shape index (κ3) is 3.56. The lowest BCUT2D eigenvalue weighted by atomic mass is 9.99. The van der Waals surface area contributed by atoms with E-state index in [9.17, 15) is 4.79 Å². The van der Waals surface area contributed by atoms with Crippen LogP contribution < -0.4 is 10.6 Å². The van der Waals surface area contributed by atoms with Crippen molar-refractivity contribution >= 4 is 11.6 Å². The quantitative estimate of drug-likeness (QED) is 0.817. The predicted molar refractivity (Wildman–Crippen MR) is 70.0 cm³/mol. The zero-order valence-electron chi connectivity index (χ0n) is 10.3. The van der Waals surface area contributed by atoms with Crippen LogP contribution in [0, 0.1) is 5.92 Å². The van der Waals surface area contributed by atoms with Gasteiger partial charge in [-0.3, -0.25) is 4.79 Å². The number of nitrogens with one attached hydrogen (secondary N) is 2. The maximum atomic E-state index is 11.7. The third-order valence-electron chi connectivity index (χ3n) is 3.12. The molecular formula is C14H20N2O. The Morgan fingerprint density at radius 3 is 2.59 bits per heavy atom. The van der Waals surface area contributed by atoms with E-state index >= 15 is 0 Å². The van der Waals surface area contributed by atoms with Gasteiger partial charge in [-0.2, -0.15) is 0 Å². The molecule has 1 aromatic carbocycles. The van der Waals surface area contributed by atoms with Crippen LogP contribution in [0.2, 0.25) is 0 Å². The molecule has 2 rings (SSSR count). The van der Waals surface area contributed by atoms with Crippen LogP contribution >= 0.6 is 0 Å². The second-order valence-electron chi connectivity index (χ2n) is 4.72. The van der Waals surface area contributed by atoms with Gasteiger partial charge >= 0.3 is 0 Å². The first-order valence-corrected chi connectivity index (χ1v) is 6.37. The summed E-state index contributed by atoms with van der Waals surface area (Å²) in [5, 5.41) is 6.12. The first-order valence-electron chi connectivity index (χ1n) is 6.37. The summed E-state index contributed by atoms with van der Waals surface area (Å²) < 4.78 is 0. The molecule has 0 atom stereocenters. The molecule has 92 valence electrons. The molecule has 0 unspecified atom stereocenters. The number of hydrogen-bond acceptors (Lipinski definition) is 2. The largest absolute Gasteiger partial charge is 0.326 e. The van der Waals surface area contributed by atoms with Gasteiger partial charge in [0.25, 0.3) is 0 Å². The van der Waals surface area contributed by atoms with Gasteiger partial charge in [0.05, 0.1) is 0 Å². The van der Waals surface area contributed by atoms with Crippen LogP contribution in [0.1, 0.15) is 25.3 Å². The average Bonchev–Trinajstić information content (AvgIpc) is 2.27. The maximum absolute atomic E-state index is 11.7. The van der Waals surface area contributed by atoms with E-state index in [0.717, 1.165) is 31.6 Å². The fraction of sp³-hybridized carbons (Fsp3) is 0.500. The molecular weight excluding hydrogens is 212 g/mol. The Morgan fingerprint density at radius 1 is 1.35 bits per heavy atom. The van der Waals surface area contributed by atoms with E-state index in [4.69, 9.17) is 0 Å². The number of amides is 1. The molecule has 0 aromatic heterocycles. The highest BCUT2D eigenvalue weighted by Crippen LogP contribution is 2.13. The number of carbonyl (C=O) groups excluding carboxylic acids is 1. The molecule has 0 saturated carbocycles. The number of benzene rings is 1. The van der Waals surface area contributed by atoms with Crippen molar-refractivity contribution in [3.8, 4) is 0 Å². The Hall–Kier alpha value is -1.35. The van der Waals surface area contributed by atoms with Crippen molar-refractivity contribution in [3.63, 3.8) is 0 Å². The van der Waals surface area contributed by atoms with Crippen LogP contribution in [0.5, 0.6) is 0 Å². The Labute approximate surface area is 103 Å². The minimum atomic E-state index is 0.125. The van der Waals surface area contributed by atoms with Crippen molar-refractivity contribution in [1.82, 2.24) is 5.32 Å². The standard InChI is InChI=1S/C14H20N2O/c1-2-3-11-4-6-13(7-5-11)16-14(17)8-12-9-15-10-12/h4-7,12,15H,2-3,8-10H2,1H3,(H,16,17). The first kappa shape index (κ1) is 12.1. The topological polar surface area (TPSA) is 41.1 Å². The molecule has 3 heteroatoms. The van der Waals surface area contributed by atoms with Crippen LogP contribution in [0.3, 0.4) is 0 Å². The third-order valence-corrected chi connectivity index (χ3v) is 3.12. The molecule has 1 heterocycles. The Kier molecular flexibility index (Phi) is 4.15. The molecule has 2 N–H and O–H groups in total. The zero-order valence-corrected chi connectivity index (χ0v) is 10.3. The molecule has 3 nitrogen and oxygen atoms in total. The molecule has 0 spiro atoms. The second-order valence-corrected chi connectivity index (χ2v) is 4.72. The van der Waals surface area contributed by atoms with Gasteiger partial charge in [0, 0.05) is 12.1 Å². The Bertz CT molecular complexity index is 368. The summed E-state index contributed by atoms with van der Waals surface area (Å²) >= 11 is 0. The van der Waals surface area contributed by atoms with E-state index in [0.29, 0.717) is 12.3 Å². The fourth-order valence-corrected chi connectivity index (χ4v) is 2.01. The highest BCUT2D eigenvalue weighted by molar-refractivity contribution is 5.90. The van der Waals surface area contributed by atoms with Crippen molar-refractivity contribution in [1.29, 1.82) is 0 Å². The van der Waals surface area contributed by atoms with E-state index in [-0.39, 0.29) is 5.91 Å². The highest BCUT2D eigenvalue weighted by atomic mass is 16.1. The lowest BCUT2D eigenvalue weighted by molar-refractivity contribution is -0.117. The molecule has 1 fully saturated rings. The second kappa shape index (κ2) is 5.82. The van der Waals surface area contributed by atoms with Gasteiger partial charge in [-0.25, -0.2) is 0 Å². The number of hydrogen-bond donors (Lipinski definition) is 2. The summed E-state index contributed by atoms with van der Waals surface area (Å²) in [7, 11) is 0. The molecule has 1 amide bonds. The van der Waals surface area contributed by atoms with Crippen LogP contribution in [0.4, 0.5) is 5.69 Å². The van der Waals surface area contributed by atoms with Crippen molar-refractivity contribution in [3.05, 3.63) is 29.8 Å². The molecule has 1 aromatic rings. The van der Waals surface area contributed by atoms with E-state index in [1.807, 2.05) is 12.1 Å². The van der Waals surface area contributed by atoms with E-state index in [2.05, 4.69) is 29.7 Å². The fourth-order valence-electron chi connectivity index (χ4n) is 2.01.